The van der Waals surface area contributed by atoms with Gasteiger partial charge in [0.2, 0.25) is 5.91 Å². The number of hydrogen-bond acceptors (Lipinski definition) is 3. The van der Waals surface area contributed by atoms with Crippen LogP contribution in [0.5, 0.6) is 0 Å². The molecule has 0 aromatic carbocycles. The van der Waals surface area contributed by atoms with Crippen molar-refractivity contribution < 1.29 is 9.59 Å². The van der Waals surface area contributed by atoms with Crippen molar-refractivity contribution in [2.45, 2.75) is 13.8 Å². The third kappa shape index (κ3) is 3.77. The van der Waals surface area contributed by atoms with Crippen LogP contribution in [0.25, 0.3) is 0 Å². The van der Waals surface area contributed by atoms with Crippen LogP contribution < -0.4 is 0 Å². The lowest BCUT2D eigenvalue weighted by Gasteiger charge is -2.31. The van der Waals surface area contributed by atoms with Crippen LogP contribution in [0.4, 0.5) is 0 Å². The van der Waals surface area contributed by atoms with E-state index in [4.69, 9.17) is 0 Å². The third-order valence-electron chi connectivity index (χ3n) is 2.69. The van der Waals surface area contributed by atoms with Gasteiger partial charge in [-0.1, -0.05) is 19.9 Å². The van der Waals surface area contributed by atoms with Crippen LogP contribution in [-0.2, 0) is 9.59 Å². The zero-order valence-corrected chi connectivity index (χ0v) is 10.3. The lowest BCUT2D eigenvalue weighted by atomic mass is 10.1. The summed E-state index contributed by atoms with van der Waals surface area (Å²) in [6.45, 7) is 6.41. The van der Waals surface area contributed by atoms with Gasteiger partial charge in [-0.05, 0) is 13.1 Å². The monoisotopic (exact) mass is 224 g/mol. The average Bonchev–Trinajstić information content (AvgIpc) is 2.20. The highest BCUT2D eigenvalue weighted by Gasteiger charge is 2.19. The highest BCUT2D eigenvalue weighted by molar-refractivity contribution is 5.91. The first-order valence-corrected chi connectivity index (χ1v) is 5.67. The van der Waals surface area contributed by atoms with Gasteiger partial charge in [0.25, 0.3) is 0 Å². The van der Waals surface area contributed by atoms with Crippen molar-refractivity contribution in [2.75, 3.05) is 33.2 Å². The maximum Gasteiger partial charge on any atom is 0.237 e. The van der Waals surface area contributed by atoms with E-state index in [0.29, 0.717) is 13.1 Å². The van der Waals surface area contributed by atoms with Crippen molar-refractivity contribution in [2.24, 2.45) is 5.92 Å². The minimum absolute atomic E-state index is 0.0273. The predicted octanol–water partition coefficient (Wildman–Crippen LogP) is 0.542. The van der Waals surface area contributed by atoms with Crippen molar-refractivity contribution >= 4 is 11.7 Å². The van der Waals surface area contributed by atoms with Crippen LogP contribution in [-0.4, -0.2) is 54.7 Å². The quantitative estimate of drug-likeness (QED) is 0.654. The normalized spacial score (nSPS) is 18.8. The molecule has 0 radical (unpaired) electrons. The Hall–Kier alpha value is -1.16. The summed E-state index contributed by atoms with van der Waals surface area (Å²) in [7, 11) is 1.94. The van der Waals surface area contributed by atoms with Gasteiger partial charge in [-0.3, -0.25) is 14.5 Å². The van der Waals surface area contributed by atoms with Gasteiger partial charge in [0.05, 0.1) is 6.54 Å². The molecule has 16 heavy (non-hydrogen) atoms. The molecule has 0 unspecified atom stereocenters. The van der Waals surface area contributed by atoms with Gasteiger partial charge in [-0.2, -0.15) is 0 Å². The molecule has 1 fully saturated rings. The molecule has 1 aliphatic rings. The van der Waals surface area contributed by atoms with Crippen LogP contribution in [0, 0.1) is 5.92 Å². The number of hydrogen-bond donors (Lipinski definition) is 0. The van der Waals surface area contributed by atoms with Gasteiger partial charge >= 0.3 is 0 Å². The third-order valence-corrected chi connectivity index (χ3v) is 2.69. The van der Waals surface area contributed by atoms with E-state index in [1.165, 1.54) is 0 Å². The Bertz CT molecular complexity index is 297. The summed E-state index contributed by atoms with van der Waals surface area (Å²) in [6.07, 6.45) is 3.36. The minimum atomic E-state index is 0.0273. The lowest BCUT2D eigenvalue weighted by molar-refractivity contribution is -0.134. The molecule has 0 aromatic heterocycles. The zero-order valence-electron chi connectivity index (χ0n) is 10.3. The number of allylic oxidation sites excluding steroid dienone is 1. The molecule has 0 atom stereocenters. The van der Waals surface area contributed by atoms with Crippen molar-refractivity contribution in [1.82, 2.24) is 9.80 Å². The van der Waals surface area contributed by atoms with E-state index in [2.05, 4.69) is 0 Å². The van der Waals surface area contributed by atoms with E-state index in [1.807, 2.05) is 25.8 Å². The van der Waals surface area contributed by atoms with Crippen molar-refractivity contribution in [1.29, 1.82) is 0 Å². The second-order valence-corrected chi connectivity index (χ2v) is 4.54. The molecule has 1 saturated heterocycles. The first-order valence-electron chi connectivity index (χ1n) is 5.67. The Morgan fingerprint density at radius 1 is 1.44 bits per heavy atom. The summed E-state index contributed by atoms with van der Waals surface area (Å²) in [6, 6.07) is 0. The second-order valence-electron chi connectivity index (χ2n) is 4.54. The van der Waals surface area contributed by atoms with E-state index in [-0.39, 0.29) is 17.6 Å². The number of carbonyl (C=O) groups excluding carboxylic acids is 2. The molecular formula is C12H20N2O2. The molecule has 0 N–H and O–H groups in total. The first kappa shape index (κ1) is 12.9. The number of carbonyl (C=O) groups is 2. The smallest absolute Gasteiger partial charge is 0.237 e. The molecule has 1 heterocycles. The lowest BCUT2D eigenvalue weighted by Crippen LogP contribution is -2.48. The molecule has 4 heteroatoms. The Labute approximate surface area is 96.9 Å². The van der Waals surface area contributed by atoms with Gasteiger partial charge in [-0.25, -0.2) is 0 Å². The van der Waals surface area contributed by atoms with E-state index >= 15 is 0 Å². The number of nitrogens with zero attached hydrogens (tertiary/aromatic N) is 2. The fourth-order valence-electron chi connectivity index (χ4n) is 1.51. The van der Waals surface area contributed by atoms with Gasteiger partial charge in [-0.15, -0.1) is 0 Å². The molecule has 0 spiro atoms. The van der Waals surface area contributed by atoms with Gasteiger partial charge in [0.1, 0.15) is 0 Å². The summed E-state index contributed by atoms with van der Waals surface area (Å²) in [5.74, 6) is 0.274. The summed E-state index contributed by atoms with van der Waals surface area (Å²) in [4.78, 5) is 26.7. The van der Waals surface area contributed by atoms with Crippen LogP contribution in [0.1, 0.15) is 13.8 Å². The molecule has 90 valence electrons. The topological polar surface area (TPSA) is 40.6 Å². The Balaban J connectivity index is 2.38. The highest BCUT2D eigenvalue weighted by atomic mass is 16.2. The van der Waals surface area contributed by atoms with E-state index in [0.717, 1.165) is 13.1 Å². The molecule has 0 aromatic rings. The molecule has 1 rings (SSSR count). The number of rotatable bonds is 4. The molecule has 0 aliphatic carbocycles. The Kier molecular flexibility index (Phi) is 4.68. The summed E-state index contributed by atoms with van der Waals surface area (Å²) in [5.41, 5.74) is 0. The molecule has 1 amide bonds. The largest absolute Gasteiger partial charge is 0.337 e. The first-order chi connectivity index (χ1) is 7.50. The Morgan fingerprint density at radius 2 is 2.12 bits per heavy atom. The van der Waals surface area contributed by atoms with E-state index in [1.54, 1.807) is 17.1 Å². The van der Waals surface area contributed by atoms with Gasteiger partial charge in [0, 0.05) is 25.6 Å². The fraction of sp³-hybridized carbons (Fsp3) is 0.667. The Morgan fingerprint density at radius 3 is 2.69 bits per heavy atom. The molecule has 0 saturated carbocycles. The van der Waals surface area contributed by atoms with Crippen molar-refractivity contribution in [3.05, 3.63) is 12.2 Å². The summed E-state index contributed by atoms with van der Waals surface area (Å²) in [5, 5.41) is 0. The van der Waals surface area contributed by atoms with Gasteiger partial charge < -0.3 is 4.90 Å². The fourth-order valence-corrected chi connectivity index (χ4v) is 1.51. The number of ketones is 1. The molecule has 0 bridgehead atoms. The van der Waals surface area contributed by atoms with Crippen molar-refractivity contribution in [3.63, 3.8) is 0 Å². The van der Waals surface area contributed by atoms with E-state index < -0.39 is 0 Å². The number of piperazine rings is 1. The minimum Gasteiger partial charge on any atom is -0.337 e. The summed E-state index contributed by atoms with van der Waals surface area (Å²) < 4.78 is 0. The maximum absolute atomic E-state index is 11.6. The second kappa shape index (κ2) is 5.80. The molecular weight excluding hydrogens is 204 g/mol. The van der Waals surface area contributed by atoms with Crippen LogP contribution in [0.3, 0.4) is 0 Å². The van der Waals surface area contributed by atoms with E-state index in [9.17, 15) is 9.59 Å². The standard InChI is InChI=1S/C12H20N2O2/c1-10(2)11(15)5-4-6-14-8-7-13(3)9-12(14)16/h4-5,10H,6-9H2,1-3H3/b5-4+. The average molecular weight is 224 g/mol. The highest BCUT2D eigenvalue weighted by Crippen LogP contribution is 2.01. The number of likely N-dealkylation sites (N-methyl/N-ethyl adjacent to an activating group) is 1. The molecule has 1 aliphatic heterocycles. The van der Waals surface area contributed by atoms with Crippen LogP contribution in [0.2, 0.25) is 0 Å². The SMILES string of the molecule is CC(C)C(=O)/C=C/CN1CCN(C)CC1=O. The number of amides is 1. The summed E-state index contributed by atoms with van der Waals surface area (Å²) >= 11 is 0. The van der Waals surface area contributed by atoms with Crippen LogP contribution >= 0.6 is 0 Å². The predicted molar refractivity (Wildman–Crippen MR) is 63.1 cm³/mol. The maximum atomic E-state index is 11.6. The molecule has 4 nitrogen and oxygen atoms in total. The van der Waals surface area contributed by atoms with Crippen LogP contribution in [0.15, 0.2) is 12.2 Å². The zero-order chi connectivity index (χ0) is 12.1. The van der Waals surface area contributed by atoms with Crippen molar-refractivity contribution in [3.8, 4) is 0 Å². The van der Waals surface area contributed by atoms with Gasteiger partial charge in [0.15, 0.2) is 5.78 Å².